The van der Waals surface area contributed by atoms with E-state index in [-0.39, 0.29) is 0 Å². The molecule has 0 aliphatic rings. The molecule has 18 heavy (non-hydrogen) atoms. The molecule has 0 radical (unpaired) electrons. The fraction of sp³-hybridized carbons (Fsp3) is 0.538. The van der Waals surface area contributed by atoms with Crippen LogP contribution in [-0.4, -0.2) is 26.1 Å². The predicted molar refractivity (Wildman–Crippen MR) is 72.5 cm³/mol. The van der Waals surface area contributed by atoms with Gasteiger partial charge in [0.25, 0.3) is 6.43 Å². The van der Waals surface area contributed by atoms with Gasteiger partial charge in [-0.3, -0.25) is 0 Å². The summed E-state index contributed by atoms with van der Waals surface area (Å²) in [5.41, 5.74) is 0.858. The third kappa shape index (κ3) is 4.53. The number of benzene rings is 1. The van der Waals surface area contributed by atoms with Crippen molar-refractivity contribution in [1.29, 1.82) is 0 Å². The van der Waals surface area contributed by atoms with E-state index in [0.29, 0.717) is 18.7 Å². The Labute approximate surface area is 115 Å². The van der Waals surface area contributed by atoms with Gasteiger partial charge in [-0.25, -0.2) is 8.78 Å². The van der Waals surface area contributed by atoms with Crippen molar-refractivity contribution in [2.75, 3.05) is 13.7 Å². The minimum Gasteiger partial charge on any atom is -0.496 e. The molecule has 0 bridgehead atoms. The van der Waals surface area contributed by atoms with Gasteiger partial charge in [0.2, 0.25) is 0 Å². The fourth-order valence-corrected chi connectivity index (χ4v) is 2.26. The number of halogens is 3. The number of alkyl halides is 2. The minimum absolute atomic E-state index is 0.306. The minimum atomic E-state index is -2.36. The van der Waals surface area contributed by atoms with Gasteiger partial charge in [-0.05, 0) is 53.0 Å². The molecule has 1 atom stereocenters. The smallest absolute Gasteiger partial charge is 0.254 e. The Bertz CT molecular complexity index is 374. The van der Waals surface area contributed by atoms with E-state index >= 15 is 0 Å². The number of nitrogens with one attached hydrogen (secondary N) is 1. The molecule has 102 valence electrons. The Morgan fingerprint density at radius 2 is 2.11 bits per heavy atom. The zero-order valence-corrected chi connectivity index (χ0v) is 12.1. The normalized spacial score (nSPS) is 12.8. The first-order valence-corrected chi connectivity index (χ1v) is 6.71. The van der Waals surface area contributed by atoms with E-state index in [2.05, 4.69) is 21.2 Å². The maximum Gasteiger partial charge on any atom is 0.254 e. The molecule has 0 amide bonds. The average molecular weight is 322 g/mol. The third-order valence-corrected chi connectivity index (χ3v) is 3.25. The average Bonchev–Trinajstić information content (AvgIpc) is 2.34. The molecule has 0 spiro atoms. The largest absolute Gasteiger partial charge is 0.496 e. The highest BCUT2D eigenvalue weighted by Gasteiger charge is 2.20. The van der Waals surface area contributed by atoms with Crippen molar-refractivity contribution in [2.24, 2.45) is 0 Å². The molecule has 0 saturated heterocycles. The van der Waals surface area contributed by atoms with E-state index in [1.165, 1.54) is 0 Å². The Balaban J connectivity index is 2.71. The fourth-order valence-electron chi connectivity index (χ4n) is 1.67. The van der Waals surface area contributed by atoms with E-state index in [9.17, 15) is 8.78 Å². The zero-order chi connectivity index (χ0) is 13.5. The molecule has 1 N–H and O–H groups in total. The van der Waals surface area contributed by atoms with Crippen molar-refractivity contribution >= 4 is 15.9 Å². The van der Waals surface area contributed by atoms with Crippen LogP contribution in [0.25, 0.3) is 0 Å². The second-order valence-electron chi connectivity index (χ2n) is 4.07. The lowest BCUT2D eigenvalue weighted by Gasteiger charge is -2.18. The molecule has 1 unspecified atom stereocenters. The molecule has 1 aromatic rings. The van der Waals surface area contributed by atoms with Gasteiger partial charge in [0.1, 0.15) is 5.75 Å². The van der Waals surface area contributed by atoms with Gasteiger partial charge in [0.15, 0.2) is 0 Å². The summed E-state index contributed by atoms with van der Waals surface area (Å²) in [7, 11) is 1.57. The standard InChI is InChI=1S/C13H18BrF2NO/c1-3-6-17-11(13(15)16)8-9-4-5-12(18-2)10(14)7-9/h4-5,7,11,13,17H,3,6,8H2,1-2H3. The Hall–Kier alpha value is -0.680. The van der Waals surface area contributed by atoms with E-state index in [1.807, 2.05) is 19.1 Å². The maximum absolute atomic E-state index is 12.9. The van der Waals surface area contributed by atoms with Gasteiger partial charge < -0.3 is 10.1 Å². The van der Waals surface area contributed by atoms with E-state index in [0.717, 1.165) is 16.5 Å². The molecule has 0 saturated carbocycles. The second-order valence-corrected chi connectivity index (χ2v) is 4.92. The monoisotopic (exact) mass is 321 g/mol. The molecule has 1 rings (SSSR count). The topological polar surface area (TPSA) is 21.3 Å². The Morgan fingerprint density at radius 3 is 2.61 bits per heavy atom. The molecule has 0 fully saturated rings. The van der Waals surface area contributed by atoms with Crippen LogP contribution in [0.1, 0.15) is 18.9 Å². The second kappa shape index (κ2) is 7.69. The number of hydrogen-bond acceptors (Lipinski definition) is 2. The summed E-state index contributed by atoms with van der Waals surface area (Å²) in [5, 5.41) is 2.87. The Kier molecular flexibility index (Phi) is 6.57. The molecule has 1 aromatic carbocycles. The van der Waals surface area contributed by atoms with Crippen LogP contribution in [-0.2, 0) is 6.42 Å². The first kappa shape index (κ1) is 15.4. The van der Waals surface area contributed by atoms with Gasteiger partial charge in [-0.1, -0.05) is 13.0 Å². The summed E-state index contributed by atoms with van der Waals surface area (Å²) in [6, 6.07) is 4.61. The molecular formula is C13H18BrF2NO. The van der Waals surface area contributed by atoms with Crippen LogP contribution in [0.4, 0.5) is 8.78 Å². The van der Waals surface area contributed by atoms with Crippen LogP contribution >= 0.6 is 15.9 Å². The van der Waals surface area contributed by atoms with E-state index in [1.54, 1.807) is 13.2 Å². The van der Waals surface area contributed by atoms with Gasteiger partial charge in [-0.2, -0.15) is 0 Å². The lowest BCUT2D eigenvalue weighted by Crippen LogP contribution is -2.37. The number of hydrogen-bond donors (Lipinski definition) is 1. The summed E-state index contributed by atoms with van der Waals surface area (Å²) >= 11 is 3.35. The van der Waals surface area contributed by atoms with Crippen molar-refractivity contribution < 1.29 is 13.5 Å². The number of methoxy groups -OCH3 is 1. The van der Waals surface area contributed by atoms with Crippen LogP contribution in [0, 0.1) is 0 Å². The van der Waals surface area contributed by atoms with Crippen molar-refractivity contribution in [3.05, 3.63) is 28.2 Å². The van der Waals surface area contributed by atoms with E-state index in [4.69, 9.17) is 4.74 Å². The van der Waals surface area contributed by atoms with Crippen molar-refractivity contribution in [3.8, 4) is 5.75 Å². The predicted octanol–water partition coefficient (Wildman–Crippen LogP) is 3.63. The lowest BCUT2D eigenvalue weighted by molar-refractivity contribution is 0.0983. The molecular weight excluding hydrogens is 304 g/mol. The van der Waals surface area contributed by atoms with Crippen molar-refractivity contribution in [1.82, 2.24) is 5.32 Å². The highest BCUT2D eigenvalue weighted by molar-refractivity contribution is 9.10. The zero-order valence-electron chi connectivity index (χ0n) is 10.6. The van der Waals surface area contributed by atoms with Crippen LogP contribution < -0.4 is 10.1 Å². The van der Waals surface area contributed by atoms with Crippen LogP contribution in [0.2, 0.25) is 0 Å². The van der Waals surface area contributed by atoms with Gasteiger partial charge in [-0.15, -0.1) is 0 Å². The SMILES string of the molecule is CCCNC(Cc1ccc(OC)c(Br)c1)C(F)F. The van der Waals surface area contributed by atoms with E-state index < -0.39 is 12.5 Å². The highest BCUT2D eigenvalue weighted by atomic mass is 79.9. The summed E-state index contributed by atoms with van der Waals surface area (Å²) in [4.78, 5) is 0. The molecule has 0 aliphatic carbocycles. The van der Waals surface area contributed by atoms with Gasteiger partial charge >= 0.3 is 0 Å². The molecule has 2 nitrogen and oxygen atoms in total. The number of ether oxygens (including phenoxy) is 1. The first-order valence-electron chi connectivity index (χ1n) is 5.92. The van der Waals surface area contributed by atoms with Crippen molar-refractivity contribution in [2.45, 2.75) is 32.2 Å². The summed E-state index contributed by atoms with van der Waals surface area (Å²) in [6.45, 7) is 2.56. The maximum atomic E-state index is 12.9. The molecule has 0 aliphatic heterocycles. The summed E-state index contributed by atoms with van der Waals surface area (Å²) < 4.78 is 31.6. The third-order valence-electron chi connectivity index (χ3n) is 2.63. The number of rotatable bonds is 7. The quantitative estimate of drug-likeness (QED) is 0.828. The first-order chi connectivity index (χ1) is 8.58. The Morgan fingerprint density at radius 1 is 1.39 bits per heavy atom. The summed E-state index contributed by atoms with van der Waals surface area (Å²) in [5.74, 6) is 0.703. The highest BCUT2D eigenvalue weighted by Crippen LogP contribution is 2.26. The van der Waals surface area contributed by atoms with Gasteiger partial charge in [0, 0.05) is 0 Å². The van der Waals surface area contributed by atoms with Crippen LogP contribution in [0.3, 0.4) is 0 Å². The molecule has 0 aromatic heterocycles. The molecule has 5 heteroatoms. The lowest BCUT2D eigenvalue weighted by atomic mass is 10.1. The molecule has 0 heterocycles. The van der Waals surface area contributed by atoms with Crippen molar-refractivity contribution in [3.63, 3.8) is 0 Å². The van der Waals surface area contributed by atoms with Gasteiger partial charge in [0.05, 0.1) is 17.6 Å². The van der Waals surface area contributed by atoms with Crippen LogP contribution in [0.15, 0.2) is 22.7 Å². The van der Waals surface area contributed by atoms with Crippen LogP contribution in [0.5, 0.6) is 5.75 Å². The summed E-state index contributed by atoms with van der Waals surface area (Å²) in [6.07, 6.45) is -1.21.